The van der Waals surface area contributed by atoms with Crippen LogP contribution in [0.25, 0.3) is 0 Å². The number of hydrogen-bond acceptors (Lipinski definition) is 2. The second kappa shape index (κ2) is 11.5. The molecule has 3 rings (SSSR count). The van der Waals surface area contributed by atoms with E-state index in [9.17, 15) is 4.79 Å². The molecule has 0 N–H and O–H groups in total. The van der Waals surface area contributed by atoms with Gasteiger partial charge in [0.15, 0.2) is 0 Å². The van der Waals surface area contributed by atoms with Crippen molar-refractivity contribution in [3.8, 4) is 0 Å². The zero-order chi connectivity index (χ0) is 20.3. The Labute approximate surface area is 179 Å². The van der Waals surface area contributed by atoms with E-state index in [2.05, 4.69) is 25.1 Å². The molecule has 0 atom stereocenters. The molecule has 0 unspecified atom stereocenters. The molecule has 0 aliphatic heterocycles. The van der Waals surface area contributed by atoms with E-state index in [0.29, 0.717) is 5.56 Å². The summed E-state index contributed by atoms with van der Waals surface area (Å²) in [7, 11) is 0. The lowest BCUT2D eigenvalue weighted by Gasteiger charge is -2.25. The standard InChI is InChI=1S/C26H29NOS/c1-2-3-4-13-20-29-21-23-16-11-12-19-25(23)27(24-17-9-6-10-18-24)26(28)22-14-7-5-8-15-22/h5-12,14-19H,2-4,13,20-21H2,1H3. The lowest BCUT2D eigenvalue weighted by molar-refractivity contribution is 0.0999. The van der Waals surface area contributed by atoms with Gasteiger partial charge in [-0.25, -0.2) is 0 Å². The number of benzene rings is 3. The van der Waals surface area contributed by atoms with Gasteiger partial charge in [0.05, 0.1) is 5.69 Å². The van der Waals surface area contributed by atoms with E-state index in [4.69, 9.17) is 0 Å². The first-order valence-electron chi connectivity index (χ1n) is 10.4. The van der Waals surface area contributed by atoms with Crippen LogP contribution in [-0.4, -0.2) is 11.7 Å². The van der Waals surface area contributed by atoms with Crippen LogP contribution in [0.15, 0.2) is 84.9 Å². The van der Waals surface area contributed by atoms with E-state index in [-0.39, 0.29) is 5.91 Å². The van der Waals surface area contributed by atoms with Gasteiger partial charge in [0.1, 0.15) is 0 Å². The van der Waals surface area contributed by atoms with E-state index in [0.717, 1.165) is 22.9 Å². The fourth-order valence-corrected chi connectivity index (χ4v) is 4.33. The third-order valence-electron chi connectivity index (χ3n) is 4.87. The van der Waals surface area contributed by atoms with E-state index >= 15 is 0 Å². The predicted molar refractivity (Wildman–Crippen MR) is 126 cm³/mol. The van der Waals surface area contributed by atoms with Crippen LogP contribution < -0.4 is 4.90 Å². The van der Waals surface area contributed by atoms with Crippen LogP contribution in [0, 0.1) is 0 Å². The normalized spacial score (nSPS) is 10.7. The summed E-state index contributed by atoms with van der Waals surface area (Å²) < 4.78 is 0. The number of carbonyl (C=O) groups excluding carboxylic acids is 1. The maximum Gasteiger partial charge on any atom is 0.262 e. The summed E-state index contributed by atoms with van der Waals surface area (Å²) in [5, 5.41) is 0. The van der Waals surface area contributed by atoms with Crippen molar-refractivity contribution >= 4 is 29.0 Å². The molecule has 0 radical (unpaired) electrons. The number of hydrogen-bond donors (Lipinski definition) is 0. The maximum absolute atomic E-state index is 13.5. The molecule has 0 saturated carbocycles. The average molecular weight is 404 g/mol. The molecule has 2 nitrogen and oxygen atoms in total. The molecular weight excluding hydrogens is 374 g/mol. The molecule has 0 saturated heterocycles. The Morgan fingerprint density at radius 3 is 2.17 bits per heavy atom. The van der Waals surface area contributed by atoms with Gasteiger partial charge in [0.2, 0.25) is 0 Å². The molecule has 150 valence electrons. The lowest BCUT2D eigenvalue weighted by Crippen LogP contribution is -2.26. The minimum Gasteiger partial charge on any atom is -0.277 e. The highest BCUT2D eigenvalue weighted by molar-refractivity contribution is 7.98. The van der Waals surface area contributed by atoms with Crippen LogP contribution in [0.4, 0.5) is 11.4 Å². The second-order valence-corrected chi connectivity index (χ2v) is 8.19. The molecule has 3 aromatic rings. The summed E-state index contributed by atoms with van der Waals surface area (Å²) >= 11 is 1.95. The van der Waals surface area contributed by atoms with Crippen molar-refractivity contribution in [2.45, 2.75) is 38.4 Å². The summed E-state index contributed by atoms with van der Waals surface area (Å²) in [6.45, 7) is 2.24. The third kappa shape index (κ3) is 5.98. The Morgan fingerprint density at radius 1 is 0.793 bits per heavy atom. The van der Waals surface area contributed by atoms with Crippen LogP contribution >= 0.6 is 11.8 Å². The molecular formula is C26H29NOS. The van der Waals surface area contributed by atoms with E-state index in [1.807, 2.05) is 83.4 Å². The molecule has 0 aromatic heterocycles. The maximum atomic E-state index is 13.5. The molecule has 0 spiro atoms. The average Bonchev–Trinajstić information content (AvgIpc) is 2.78. The largest absolute Gasteiger partial charge is 0.277 e. The number of anilines is 2. The summed E-state index contributed by atoms with van der Waals surface area (Å²) in [5.74, 6) is 2.07. The van der Waals surface area contributed by atoms with Crippen LogP contribution in [-0.2, 0) is 5.75 Å². The van der Waals surface area contributed by atoms with Gasteiger partial charge in [0.25, 0.3) is 5.91 Å². The number of unbranched alkanes of at least 4 members (excludes halogenated alkanes) is 3. The van der Waals surface area contributed by atoms with Crippen molar-refractivity contribution in [1.82, 2.24) is 0 Å². The zero-order valence-corrected chi connectivity index (χ0v) is 17.9. The fourth-order valence-electron chi connectivity index (χ4n) is 3.32. The van der Waals surface area contributed by atoms with Crippen LogP contribution in [0.3, 0.4) is 0 Å². The van der Waals surface area contributed by atoms with Crippen LogP contribution in [0.2, 0.25) is 0 Å². The van der Waals surface area contributed by atoms with Gasteiger partial charge in [-0.3, -0.25) is 9.69 Å². The molecule has 29 heavy (non-hydrogen) atoms. The number of rotatable bonds is 10. The minimum atomic E-state index is -0.00260. The van der Waals surface area contributed by atoms with Gasteiger partial charge in [-0.1, -0.05) is 80.8 Å². The lowest BCUT2D eigenvalue weighted by atomic mass is 10.1. The summed E-state index contributed by atoms with van der Waals surface area (Å²) in [5.41, 5.74) is 3.75. The monoisotopic (exact) mass is 403 g/mol. The van der Waals surface area contributed by atoms with E-state index in [1.54, 1.807) is 0 Å². The van der Waals surface area contributed by atoms with Crippen molar-refractivity contribution in [3.05, 3.63) is 96.1 Å². The first kappa shape index (κ1) is 21.2. The van der Waals surface area contributed by atoms with Crippen molar-refractivity contribution in [1.29, 1.82) is 0 Å². The first-order chi connectivity index (χ1) is 14.3. The van der Waals surface area contributed by atoms with Gasteiger partial charge in [-0.05, 0) is 48.1 Å². The summed E-state index contributed by atoms with van der Waals surface area (Å²) in [4.78, 5) is 15.3. The Balaban J connectivity index is 1.86. The first-order valence-corrected chi connectivity index (χ1v) is 11.6. The quantitative estimate of drug-likeness (QED) is 0.327. The molecule has 0 fully saturated rings. The summed E-state index contributed by atoms with van der Waals surface area (Å²) in [6.07, 6.45) is 5.13. The molecule has 0 aliphatic carbocycles. The topological polar surface area (TPSA) is 20.3 Å². The highest BCUT2D eigenvalue weighted by atomic mass is 32.2. The Morgan fingerprint density at radius 2 is 1.45 bits per heavy atom. The van der Waals surface area contributed by atoms with E-state index < -0.39 is 0 Å². The second-order valence-electron chi connectivity index (χ2n) is 7.08. The van der Waals surface area contributed by atoms with Crippen molar-refractivity contribution in [2.24, 2.45) is 0 Å². The highest BCUT2D eigenvalue weighted by Crippen LogP contribution is 2.32. The van der Waals surface area contributed by atoms with Gasteiger partial charge >= 0.3 is 0 Å². The van der Waals surface area contributed by atoms with Crippen LogP contribution in [0.5, 0.6) is 0 Å². The Hall–Kier alpha value is -2.52. The third-order valence-corrected chi connectivity index (χ3v) is 5.96. The number of carbonyl (C=O) groups is 1. The Kier molecular flexibility index (Phi) is 8.39. The van der Waals surface area contributed by atoms with Gasteiger partial charge in [-0.2, -0.15) is 11.8 Å². The van der Waals surface area contributed by atoms with E-state index in [1.165, 1.54) is 31.2 Å². The van der Waals surface area contributed by atoms with Crippen molar-refractivity contribution in [3.63, 3.8) is 0 Å². The van der Waals surface area contributed by atoms with Gasteiger partial charge in [0, 0.05) is 17.0 Å². The van der Waals surface area contributed by atoms with Crippen LogP contribution in [0.1, 0.15) is 48.5 Å². The van der Waals surface area contributed by atoms with Gasteiger partial charge in [-0.15, -0.1) is 0 Å². The number of amides is 1. The van der Waals surface area contributed by atoms with Crippen molar-refractivity contribution in [2.75, 3.05) is 10.7 Å². The molecule has 0 bridgehead atoms. The van der Waals surface area contributed by atoms with Gasteiger partial charge < -0.3 is 0 Å². The van der Waals surface area contributed by atoms with Crippen molar-refractivity contribution < 1.29 is 4.79 Å². The fraction of sp³-hybridized carbons (Fsp3) is 0.269. The number of para-hydroxylation sites is 2. The summed E-state index contributed by atoms with van der Waals surface area (Å²) in [6, 6.07) is 27.7. The predicted octanol–water partition coefficient (Wildman–Crippen LogP) is 7.48. The molecule has 1 amide bonds. The number of thioether (sulfide) groups is 1. The molecule has 3 heteroatoms. The highest BCUT2D eigenvalue weighted by Gasteiger charge is 2.21. The number of nitrogens with zero attached hydrogens (tertiary/aromatic N) is 1. The smallest absolute Gasteiger partial charge is 0.262 e. The SMILES string of the molecule is CCCCCCSCc1ccccc1N(C(=O)c1ccccc1)c1ccccc1. The molecule has 0 aliphatic rings. The zero-order valence-electron chi connectivity index (χ0n) is 17.1. The minimum absolute atomic E-state index is 0.00260. The molecule has 3 aromatic carbocycles. The molecule has 0 heterocycles. The Bertz CT molecular complexity index is 879.